The molecule has 0 saturated heterocycles. The number of aryl methyl sites for hydroxylation is 2. The minimum Gasteiger partial charge on any atom is -0.496 e. The Labute approximate surface area is 177 Å². The second kappa shape index (κ2) is 8.41. The molecule has 1 aromatic heterocycles. The summed E-state index contributed by atoms with van der Waals surface area (Å²) in [6.45, 7) is 5.24. The first-order chi connectivity index (χ1) is 14.5. The molecular weight excluding hydrogens is 372 g/mol. The van der Waals surface area contributed by atoms with Gasteiger partial charge in [-0.05, 0) is 32.0 Å². The fraction of sp³-hybridized carbons (Fsp3) is 0.200. The zero-order valence-electron chi connectivity index (χ0n) is 17.6. The smallest absolute Gasteiger partial charge is 0.123 e. The summed E-state index contributed by atoms with van der Waals surface area (Å²) in [5.74, 6) is 1.45. The van der Waals surface area contributed by atoms with Crippen molar-refractivity contribution in [3.63, 3.8) is 0 Å². The maximum Gasteiger partial charge on any atom is 0.123 e. The van der Waals surface area contributed by atoms with Gasteiger partial charge in [0.05, 0.1) is 25.0 Å². The highest BCUT2D eigenvalue weighted by Gasteiger charge is 2.25. The lowest BCUT2D eigenvalue weighted by Crippen LogP contribution is -2.36. The number of amidine groups is 1. The van der Waals surface area contributed by atoms with Crippen LogP contribution >= 0.6 is 0 Å². The number of nitrogens with zero attached hydrogens (tertiary/aromatic N) is 3. The molecule has 4 rings (SSSR count). The molecule has 0 unspecified atom stereocenters. The van der Waals surface area contributed by atoms with Gasteiger partial charge in [-0.3, -0.25) is 4.98 Å². The fourth-order valence-corrected chi connectivity index (χ4v) is 3.92. The van der Waals surface area contributed by atoms with Crippen molar-refractivity contribution < 1.29 is 4.74 Å². The maximum absolute atomic E-state index is 6.31. The second-order valence-electron chi connectivity index (χ2n) is 7.47. The van der Waals surface area contributed by atoms with E-state index in [0.29, 0.717) is 18.9 Å². The predicted octanol–water partition coefficient (Wildman–Crippen LogP) is 4.41. The number of aliphatic imine (C=N–C) groups is 1. The van der Waals surface area contributed by atoms with E-state index in [0.717, 1.165) is 45.2 Å². The Kier molecular flexibility index (Phi) is 5.53. The standard InChI is InChI=1S/C25H26N4O/c1-17-13-21(14-18(2)27-17)25-24(19-9-5-4-6-10-19)28-23(26)16-29(25)15-20-11-7-8-12-22(20)30-3/h4-14H,15-16H2,1-3H3,(H2,26,28). The Bertz CT molecular complexity index is 1100. The van der Waals surface area contributed by atoms with Gasteiger partial charge in [-0.15, -0.1) is 0 Å². The monoisotopic (exact) mass is 398 g/mol. The quantitative estimate of drug-likeness (QED) is 0.692. The summed E-state index contributed by atoms with van der Waals surface area (Å²) >= 11 is 0. The number of aromatic nitrogens is 1. The lowest BCUT2D eigenvalue weighted by Gasteiger charge is -2.33. The summed E-state index contributed by atoms with van der Waals surface area (Å²) in [6, 6.07) is 22.5. The van der Waals surface area contributed by atoms with Crippen LogP contribution in [0.1, 0.15) is 28.1 Å². The second-order valence-corrected chi connectivity index (χ2v) is 7.47. The van der Waals surface area contributed by atoms with E-state index in [1.807, 2.05) is 50.2 Å². The molecule has 5 heteroatoms. The highest BCUT2D eigenvalue weighted by Crippen LogP contribution is 2.35. The molecule has 0 bridgehead atoms. The van der Waals surface area contributed by atoms with Gasteiger partial charge in [0.25, 0.3) is 0 Å². The fourth-order valence-electron chi connectivity index (χ4n) is 3.92. The topological polar surface area (TPSA) is 63.7 Å². The molecule has 0 aliphatic carbocycles. The molecule has 0 fully saturated rings. The van der Waals surface area contributed by atoms with Crippen molar-refractivity contribution >= 4 is 17.2 Å². The summed E-state index contributed by atoms with van der Waals surface area (Å²) in [7, 11) is 1.70. The third-order valence-electron chi connectivity index (χ3n) is 5.10. The van der Waals surface area contributed by atoms with E-state index in [-0.39, 0.29) is 0 Å². The van der Waals surface area contributed by atoms with E-state index in [1.54, 1.807) is 7.11 Å². The van der Waals surface area contributed by atoms with Crippen molar-refractivity contribution in [2.45, 2.75) is 20.4 Å². The highest BCUT2D eigenvalue weighted by atomic mass is 16.5. The van der Waals surface area contributed by atoms with Gasteiger partial charge in [0, 0.05) is 34.6 Å². The predicted molar refractivity (Wildman–Crippen MR) is 122 cm³/mol. The van der Waals surface area contributed by atoms with Gasteiger partial charge in [-0.1, -0.05) is 48.5 Å². The summed E-state index contributed by atoms with van der Waals surface area (Å²) in [6.07, 6.45) is 0. The third kappa shape index (κ3) is 4.06. The Morgan fingerprint density at radius 1 is 0.933 bits per heavy atom. The Morgan fingerprint density at radius 2 is 1.60 bits per heavy atom. The van der Waals surface area contributed by atoms with Crippen LogP contribution in [-0.4, -0.2) is 29.4 Å². The largest absolute Gasteiger partial charge is 0.496 e. The van der Waals surface area contributed by atoms with E-state index in [1.165, 1.54) is 0 Å². The SMILES string of the molecule is COc1ccccc1CN1CC(N)=NC(c2ccccc2)=C1c1cc(C)nc(C)c1. The number of methoxy groups -OCH3 is 1. The number of hydrogen-bond acceptors (Lipinski definition) is 5. The van der Waals surface area contributed by atoms with Crippen LogP contribution in [0.4, 0.5) is 0 Å². The van der Waals surface area contributed by atoms with Crippen LogP contribution in [0.15, 0.2) is 71.7 Å². The van der Waals surface area contributed by atoms with Gasteiger partial charge >= 0.3 is 0 Å². The molecule has 1 aliphatic heterocycles. The molecule has 152 valence electrons. The van der Waals surface area contributed by atoms with Crippen LogP contribution in [0.5, 0.6) is 5.75 Å². The number of para-hydroxylation sites is 1. The van der Waals surface area contributed by atoms with E-state index in [9.17, 15) is 0 Å². The van der Waals surface area contributed by atoms with Gasteiger partial charge < -0.3 is 15.4 Å². The minimum absolute atomic E-state index is 0.546. The average Bonchev–Trinajstić information content (AvgIpc) is 2.73. The molecular formula is C25H26N4O. The molecule has 0 atom stereocenters. The molecule has 0 spiro atoms. The van der Waals surface area contributed by atoms with E-state index < -0.39 is 0 Å². The number of pyridine rings is 1. The number of nitrogens with two attached hydrogens (primary N) is 1. The molecule has 2 aromatic carbocycles. The Hall–Kier alpha value is -3.60. The first-order valence-corrected chi connectivity index (χ1v) is 10.0. The number of benzene rings is 2. The van der Waals surface area contributed by atoms with Crippen LogP contribution in [-0.2, 0) is 6.54 Å². The van der Waals surface area contributed by atoms with E-state index in [4.69, 9.17) is 15.5 Å². The van der Waals surface area contributed by atoms with Crippen molar-refractivity contribution in [3.05, 3.63) is 94.8 Å². The van der Waals surface area contributed by atoms with Crippen molar-refractivity contribution in [3.8, 4) is 5.75 Å². The zero-order chi connectivity index (χ0) is 21.1. The minimum atomic E-state index is 0.546. The van der Waals surface area contributed by atoms with Crippen LogP contribution < -0.4 is 10.5 Å². The molecule has 1 aliphatic rings. The lowest BCUT2D eigenvalue weighted by molar-refractivity contribution is 0.387. The average molecular weight is 399 g/mol. The lowest BCUT2D eigenvalue weighted by atomic mass is 10.0. The van der Waals surface area contributed by atoms with E-state index in [2.05, 4.69) is 40.2 Å². The molecule has 2 N–H and O–H groups in total. The molecule has 0 saturated carbocycles. The van der Waals surface area contributed by atoms with Crippen molar-refractivity contribution in [1.29, 1.82) is 0 Å². The van der Waals surface area contributed by atoms with Crippen LogP contribution in [0, 0.1) is 13.8 Å². The normalized spacial score (nSPS) is 14.0. The van der Waals surface area contributed by atoms with Gasteiger partial charge in [0.15, 0.2) is 0 Å². The van der Waals surface area contributed by atoms with Crippen LogP contribution in [0.3, 0.4) is 0 Å². The molecule has 0 amide bonds. The first kappa shape index (κ1) is 19.7. The summed E-state index contributed by atoms with van der Waals surface area (Å²) < 4.78 is 5.59. The van der Waals surface area contributed by atoms with Gasteiger partial charge in [-0.2, -0.15) is 0 Å². The molecule has 0 radical (unpaired) electrons. The van der Waals surface area contributed by atoms with Crippen LogP contribution in [0.2, 0.25) is 0 Å². The Morgan fingerprint density at radius 3 is 2.30 bits per heavy atom. The molecule has 2 heterocycles. The third-order valence-corrected chi connectivity index (χ3v) is 5.10. The van der Waals surface area contributed by atoms with Gasteiger partial charge in [0.1, 0.15) is 11.6 Å². The van der Waals surface area contributed by atoms with Gasteiger partial charge in [-0.25, -0.2) is 4.99 Å². The van der Waals surface area contributed by atoms with Crippen molar-refractivity contribution in [2.24, 2.45) is 10.7 Å². The number of hydrogen-bond donors (Lipinski definition) is 1. The molecule has 3 aromatic rings. The number of ether oxygens (including phenoxy) is 1. The van der Waals surface area contributed by atoms with Crippen molar-refractivity contribution in [2.75, 3.05) is 13.7 Å². The van der Waals surface area contributed by atoms with Crippen LogP contribution in [0.25, 0.3) is 11.4 Å². The van der Waals surface area contributed by atoms with E-state index >= 15 is 0 Å². The summed E-state index contributed by atoms with van der Waals surface area (Å²) in [5.41, 5.74) is 13.4. The molecule has 5 nitrogen and oxygen atoms in total. The Balaban J connectivity index is 1.90. The van der Waals surface area contributed by atoms with Gasteiger partial charge in [0.2, 0.25) is 0 Å². The molecule has 30 heavy (non-hydrogen) atoms. The number of rotatable bonds is 5. The summed E-state index contributed by atoms with van der Waals surface area (Å²) in [4.78, 5) is 11.6. The van der Waals surface area contributed by atoms with Crippen molar-refractivity contribution in [1.82, 2.24) is 9.88 Å². The zero-order valence-corrected chi connectivity index (χ0v) is 17.6. The maximum atomic E-state index is 6.31. The highest BCUT2D eigenvalue weighted by molar-refractivity contribution is 6.00. The first-order valence-electron chi connectivity index (χ1n) is 10.0. The summed E-state index contributed by atoms with van der Waals surface area (Å²) in [5, 5.41) is 0.